The molecule has 0 aromatic carbocycles. The third-order valence-corrected chi connectivity index (χ3v) is 4.72. The number of rotatable bonds is 5. The van der Waals surface area contributed by atoms with Gasteiger partial charge in [0.15, 0.2) is 0 Å². The molecular formula is C9H19NO4S. The summed E-state index contributed by atoms with van der Waals surface area (Å²) in [6, 6.07) is -0.133. The van der Waals surface area contributed by atoms with Gasteiger partial charge >= 0.3 is 0 Å². The second-order valence-electron chi connectivity index (χ2n) is 4.07. The van der Waals surface area contributed by atoms with E-state index in [9.17, 15) is 8.42 Å². The highest BCUT2D eigenvalue weighted by molar-refractivity contribution is 7.90. The molecule has 1 heterocycles. The third kappa shape index (κ3) is 3.41. The Labute approximate surface area is 90.9 Å². The van der Waals surface area contributed by atoms with Crippen LogP contribution in [0.15, 0.2) is 0 Å². The van der Waals surface area contributed by atoms with Gasteiger partial charge in [0.05, 0.1) is 18.5 Å². The van der Waals surface area contributed by atoms with Gasteiger partial charge < -0.3 is 9.84 Å². The predicted octanol–water partition coefficient (Wildman–Crippen LogP) is -0.288. The first-order valence-corrected chi connectivity index (χ1v) is 6.71. The molecule has 0 radical (unpaired) electrons. The average molecular weight is 237 g/mol. The zero-order valence-corrected chi connectivity index (χ0v) is 9.96. The first kappa shape index (κ1) is 12.9. The molecule has 1 aliphatic rings. The summed E-state index contributed by atoms with van der Waals surface area (Å²) in [5.41, 5.74) is 0. The second kappa shape index (κ2) is 5.25. The van der Waals surface area contributed by atoms with Gasteiger partial charge in [-0.25, -0.2) is 13.1 Å². The Morgan fingerprint density at radius 2 is 2.20 bits per heavy atom. The molecule has 0 saturated carbocycles. The van der Waals surface area contributed by atoms with Crippen LogP contribution in [0.2, 0.25) is 0 Å². The normalized spacial score (nSPS) is 26.5. The van der Waals surface area contributed by atoms with Crippen LogP contribution in [0.25, 0.3) is 0 Å². The van der Waals surface area contributed by atoms with Crippen molar-refractivity contribution in [2.45, 2.75) is 31.6 Å². The quantitative estimate of drug-likeness (QED) is 0.689. The van der Waals surface area contributed by atoms with Gasteiger partial charge in [0.1, 0.15) is 0 Å². The standard InChI is InChI=1S/C9H19NO4S/c1-7(5-11)15(12,13)10-8(2)9-3-4-14-6-9/h7-11H,3-6H2,1-2H3. The Morgan fingerprint density at radius 1 is 1.53 bits per heavy atom. The van der Waals surface area contributed by atoms with Crippen LogP contribution < -0.4 is 4.72 Å². The summed E-state index contributed by atoms with van der Waals surface area (Å²) in [7, 11) is -3.40. The molecule has 0 bridgehead atoms. The summed E-state index contributed by atoms with van der Waals surface area (Å²) in [6.07, 6.45) is 0.886. The van der Waals surface area contributed by atoms with E-state index in [4.69, 9.17) is 9.84 Å². The van der Waals surface area contributed by atoms with Crippen molar-refractivity contribution in [3.63, 3.8) is 0 Å². The fourth-order valence-electron chi connectivity index (χ4n) is 1.52. The Kier molecular flexibility index (Phi) is 4.51. The number of sulfonamides is 1. The first-order valence-electron chi connectivity index (χ1n) is 5.17. The van der Waals surface area contributed by atoms with E-state index in [1.807, 2.05) is 6.92 Å². The molecule has 0 spiro atoms. The van der Waals surface area contributed by atoms with Gasteiger partial charge in [0.25, 0.3) is 0 Å². The van der Waals surface area contributed by atoms with Gasteiger partial charge in [-0.1, -0.05) is 0 Å². The second-order valence-corrected chi connectivity index (χ2v) is 6.20. The van der Waals surface area contributed by atoms with Crippen LogP contribution >= 0.6 is 0 Å². The number of aliphatic hydroxyl groups is 1. The molecule has 0 amide bonds. The van der Waals surface area contributed by atoms with Gasteiger partial charge in [-0.05, 0) is 20.3 Å². The van der Waals surface area contributed by atoms with E-state index in [1.165, 1.54) is 6.92 Å². The zero-order valence-electron chi connectivity index (χ0n) is 9.14. The number of hydrogen-bond donors (Lipinski definition) is 2. The molecule has 90 valence electrons. The lowest BCUT2D eigenvalue weighted by molar-refractivity contribution is 0.180. The Bertz CT molecular complexity index is 284. The summed E-state index contributed by atoms with van der Waals surface area (Å²) in [4.78, 5) is 0. The number of ether oxygens (including phenoxy) is 1. The van der Waals surface area contributed by atoms with E-state index in [1.54, 1.807) is 0 Å². The van der Waals surface area contributed by atoms with E-state index in [2.05, 4.69) is 4.72 Å². The molecule has 15 heavy (non-hydrogen) atoms. The van der Waals surface area contributed by atoms with Crippen LogP contribution in [-0.4, -0.2) is 44.6 Å². The van der Waals surface area contributed by atoms with E-state index < -0.39 is 15.3 Å². The number of nitrogens with one attached hydrogen (secondary N) is 1. The van der Waals surface area contributed by atoms with E-state index in [0.717, 1.165) is 6.42 Å². The molecule has 3 unspecified atom stereocenters. The van der Waals surface area contributed by atoms with Crippen molar-refractivity contribution < 1.29 is 18.3 Å². The summed E-state index contributed by atoms with van der Waals surface area (Å²) in [5, 5.41) is 8.04. The van der Waals surface area contributed by atoms with E-state index >= 15 is 0 Å². The maximum absolute atomic E-state index is 11.6. The lowest BCUT2D eigenvalue weighted by atomic mass is 10.0. The molecule has 1 fully saturated rings. The first-order chi connectivity index (χ1) is 6.97. The van der Waals surface area contributed by atoms with Crippen molar-refractivity contribution in [3.8, 4) is 0 Å². The van der Waals surface area contributed by atoms with Crippen LogP contribution in [0.3, 0.4) is 0 Å². The largest absolute Gasteiger partial charge is 0.395 e. The minimum absolute atomic E-state index is 0.133. The SMILES string of the molecule is CC(NS(=O)(=O)C(C)CO)C1CCOC1. The van der Waals surface area contributed by atoms with Crippen LogP contribution in [0, 0.1) is 5.92 Å². The fourth-order valence-corrected chi connectivity index (χ4v) is 2.66. The van der Waals surface area contributed by atoms with E-state index in [-0.39, 0.29) is 18.6 Å². The van der Waals surface area contributed by atoms with Gasteiger partial charge in [-0.2, -0.15) is 0 Å². The molecule has 1 aliphatic heterocycles. The van der Waals surface area contributed by atoms with Gasteiger partial charge in [-0.15, -0.1) is 0 Å². The number of hydrogen-bond acceptors (Lipinski definition) is 4. The van der Waals surface area contributed by atoms with Crippen molar-refractivity contribution in [3.05, 3.63) is 0 Å². The smallest absolute Gasteiger partial charge is 0.216 e. The minimum Gasteiger partial charge on any atom is -0.395 e. The highest BCUT2D eigenvalue weighted by Crippen LogP contribution is 2.17. The monoisotopic (exact) mass is 237 g/mol. The maximum Gasteiger partial charge on any atom is 0.216 e. The van der Waals surface area contributed by atoms with Gasteiger partial charge in [0, 0.05) is 18.6 Å². The summed E-state index contributed by atoms with van der Waals surface area (Å²) in [6.45, 7) is 4.27. The molecule has 3 atom stereocenters. The van der Waals surface area contributed by atoms with Crippen molar-refractivity contribution in [2.24, 2.45) is 5.92 Å². The molecule has 0 aromatic heterocycles. The van der Waals surface area contributed by atoms with Crippen molar-refractivity contribution in [2.75, 3.05) is 19.8 Å². The van der Waals surface area contributed by atoms with Crippen molar-refractivity contribution in [1.82, 2.24) is 4.72 Å². The molecular weight excluding hydrogens is 218 g/mol. The minimum atomic E-state index is -3.40. The van der Waals surface area contributed by atoms with Crippen LogP contribution in [0.1, 0.15) is 20.3 Å². The molecule has 5 nitrogen and oxygen atoms in total. The molecule has 0 aromatic rings. The van der Waals surface area contributed by atoms with Crippen LogP contribution in [0.4, 0.5) is 0 Å². The van der Waals surface area contributed by atoms with Crippen molar-refractivity contribution >= 4 is 10.0 Å². The van der Waals surface area contributed by atoms with Crippen molar-refractivity contribution in [1.29, 1.82) is 0 Å². The maximum atomic E-state index is 11.6. The highest BCUT2D eigenvalue weighted by atomic mass is 32.2. The van der Waals surface area contributed by atoms with Gasteiger partial charge in [0.2, 0.25) is 10.0 Å². The van der Waals surface area contributed by atoms with Crippen LogP contribution in [0.5, 0.6) is 0 Å². The molecule has 2 N–H and O–H groups in total. The average Bonchev–Trinajstić information content (AvgIpc) is 2.68. The number of aliphatic hydroxyl groups excluding tert-OH is 1. The Hall–Kier alpha value is -0.170. The molecule has 1 rings (SSSR count). The lowest BCUT2D eigenvalue weighted by Crippen LogP contribution is -2.43. The molecule has 0 aliphatic carbocycles. The Balaban J connectivity index is 2.52. The van der Waals surface area contributed by atoms with Gasteiger partial charge in [-0.3, -0.25) is 0 Å². The van der Waals surface area contributed by atoms with E-state index in [0.29, 0.717) is 13.2 Å². The zero-order chi connectivity index (χ0) is 11.5. The predicted molar refractivity (Wildman–Crippen MR) is 57.0 cm³/mol. The Morgan fingerprint density at radius 3 is 2.67 bits per heavy atom. The highest BCUT2D eigenvalue weighted by Gasteiger charge is 2.28. The third-order valence-electron chi connectivity index (χ3n) is 2.81. The topological polar surface area (TPSA) is 75.6 Å². The summed E-state index contributed by atoms with van der Waals surface area (Å²) < 4.78 is 31.0. The van der Waals surface area contributed by atoms with Crippen LogP contribution in [-0.2, 0) is 14.8 Å². The summed E-state index contributed by atoms with van der Waals surface area (Å²) in [5.74, 6) is 0.241. The summed E-state index contributed by atoms with van der Waals surface area (Å²) >= 11 is 0. The fraction of sp³-hybridized carbons (Fsp3) is 1.00. The molecule has 6 heteroatoms. The lowest BCUT2D eigenvalue weighted by Gasteiger charge is -2.21. The molecule has 1 saturated heterocycles.